The highest BCUT2D eigenvalue weighted by molar-refractivity contribution is 5.63. The highest BCUT2D eigenvalue weighted by Gasteiger charge is 1.88. The monoisotopic (exact) mass is 116 g/mol. The molecule has 0 spiro atoms. The van der Waals surface area contributed by atoms with Gasteiger partial charge in [-0.05, 0) is 6.42 Å². The number of rotatable bonds is 3. The van der Waals surface area contributed by atoms with Crippen molar-refractivity contribution in [3.63, 3.8) is 0 Å². The average molecular weight is 116 g/mol. The molecule has 0 bridgehead atoms. The van der Waals surface area contributed by atoms with Crippen LogP contribution in [0.4, 0.5) is 0 Å². The van der Waals surface area contributed by atoms with Crippen molar-refractivity contribution in [1.29, 1.82) is 5.41 Å². The van der Waals surface area contributed by atoms with Gasteiger partial charge in [0.1, 0.15) is 0 Å². The molecule has 0 unspecified atom stereocenters. The number of nitrogens with one attached hydrogen (secondary N) is 1. The van der Waals surface area contributed by atoms with E-state index in [1.807, 2.05) is 0 Å². The van der Waals surface area contributed by atoms with Crippen LogP contribution in [-0.4, -0.2) is 12.5 Å². The predicted molar refractivity (Wildman–Crippen MR) is 33.6 cm³/mol. The fourth-order valence-electron chi connectivity index (χ4n) is 0.462. The highest BCUT2D eigenvalue weighted by Crippen LogP contribution is 1.76. The number of hydrogen-bond donors (Lipinski definition) is 3. The quantitative estimate of drug-likeness (QED) is 0.253. The van der Waals surface area contributed by atoms with Crippen LogP contribution in [0.1, 0.15) is 19.8 Å². The van der Waals surface area contributed by atoms with Crippen LogP contribution in [0.3, 0.4) is 0 Å². The Morgan fingerprint density at radius 2 is 2.38 bits per heavy atom. The van der Waals surface area contributed by atoms with E-state index in [-0.39, 0.29) is 5.96 Å². The standard InChI is InChI=1S/C5H13N3/c1-2-3-4-8-5(6)7/h2-4H2,1H3,(H4,6,7,8)/p+1. The zero-order valence-electron chi connectivity index (χ0n) is 5.28. The van der Waals surface area contributed by atoms with Gasteiger partial charge in [0.25, 0.3) is 5.96 Å². The Balaban J connectivity index is 2.82. The number of guanidine groups is 1. The number of nitrogens with two attached hydrogens (primary N) is 2. The van der Waals surface area contributed by atoms with Crippen LogP contribution in [-0.2, 0) is 0 Å². The molecule has 0 aliphatic rings. The van der Waals surface area contributed by atoms with E-state index in [1.54, 1.807) is 5.32 Å². The number of unbranched alkanes of at least 4 members (excludes halogenated alkanes) is 1. The first-order valence-electron chi connectivity index (χ1n) is 2.94. The van der Waals surface area contributed by atoms with Crippen LogP contribution in [0, 0.1) is 5.41 Å². The van der Waals surface area contributed by atoms with Gasteiger partial charge in [-0.15, -0.1) is 0 Å². The SMILES string of the molecule is CCCC[NH2+]C(=N)N. The molecule has 5 N–H and O–H groups in total. The summed E-state index contributed by atoms with van der Waals surface area (Å²) in [6.07, 6.45) is 2.31. The van der Waals surface area contributed by atoms with Gasteiger partial charge in [0, 0.05) is 0 Å². The van der Waals surface area contributed by atoms with Gasteiger partial charge in [0.05, 0.1) is 6.54 Å². The van der Waals surface area contributed by atoms with E-state index in [1.165, 1.54) is 6.42 Å². The molecule has 0 aromatic heterocycles. The second kappa shape index (κ2) is 4.59. The lowest BCUT2D eigenvalue weighted by atomic mass is 10.3. The third-order valence-corrected chi connectivity index (χ3v) is 0.922. The molecule has 0 rings (SSSR count). The first kappa shape index (κ1) is 7.43. The van der Waals surface area contributed by atoms with Gasteiger partial charge in [-0.3, -0.25) is 5.32 Å². The lowest BCUT2D eigenvalue weighted by Crippen LogP contribution is -2.90. The Labute approximate surface area is 49.8 Å². The molecule has 0 aromatic rings. The lowest BCUT2D eigenvalue weighted by molar-refractivity contribution is -0.543. The van der Waals surface area contributed by atoms with Crippen LogP contribution >= 0.6 is 0 Å². The van der Waals surface area contributed by atoms with E-state index in [0.717, 1.165) is 13.0 Å². The zero-order chi connectivity index (χ0) is 6.41. The van der Waals surface area contributed by atoms with Crippen LogP contribution in [0.2, 0.25) is 0 Å². The van der Waals surface area contributed by atoms with E-state index in [2.05, 4.69) is 6.92 Å². The van der Waals surface area contributed by atoms with Crippen LogP contribution < -0.4 is 11.1 Å². The average Bonchev–Trinajstić information content (AvgIpc) is 1.66. The maximum atomic E-state index is 6.79. The molecule has 0 radical (unpaired) electrons. The summed E-state index contributed by atoms with van der Waals surface area (Å²) in [6, 6.07) is 0. The molecule has 0 aromatic carbocycles. The molecule has 8 heavy (non-hydrogen) atoms. The molecular weight excluding hydrogens is 102 g/mol. The summed E-state index contributed by atoms with van der Waals surface area (Å²) >= 11 is 0. The Bertz CT molecular complexity index is 70.1. The van der Waals surface area contributed by atoms with Gasteiger partial charge >= 0.3 is 0 Å². The van der Waals surface area contributed by atoms with Crippen molar-refractivity contribution in [3.8, 4) is 0 Å². The van der Waals surface area contributed by atoms with Crippen molar-refractivity contribution in [1.82, 2.24) is 0 Å². The van der Waals surface area contributed by atoms with Crippen molar-refractivity contribution in [2.24, 2.45) is 5.73 Å². The fourth-order valence-corrected chi connectivity index (χ4v) is 0.462. The molecule has 0 amide bonds. The molecule has 0 saturated carbocycles. The zero-order valence-corrected chi connectivity index (χ0v) is 5.28. The Morgan fingerprint density at radius 3 is 2.75 bits per heavy atom. The first-order chi connectivity index (χ1) is 3.77. The molecule has 0 fully saturated rings. The van der Waals surface area contributed by atoms with Gasteiger partial charge in [0.15, 0.2) is 0 Å². The van der Waals surface area contributed by atoms with Crippen molar-refractivity contribution in [3.05, 3.63) is 0 Å². The van der Waals surface area contributed by atoms with Gasteiger partial charge < -0.3 is 5.73 Å². The van der Waals surface area contributed by atoms with Gasteiger partial charge in [-0.25, -0.2) is 5.41 Å². The maximum Gasteiger partial charge on any atom is 0.288 e. The summed E-state index contributed by atoms with van der Waals surface area (Å²) < 4.78 is 0. The molecule has 3 nitrogen and oxygen atoms in total. The van der Waals surface area contributed by atoms with Crippen LogP contribution in [0.5, 0.6) is 0 Å². The lowest BCUT2D eigenvalue weighted by Gasteiger charge is -1.92. The third kappa shape index (κ3) is 5.43. The Hall–Kier alpha value is -0.570. The minimum atomic E-state index is 0.193. The summed E-state index contributed by atoms with van der Waals surface area (Å²) in [7, 11) is 0. The second-order valence-corrected chi connectivity index (χ2v) is 1.80. The van der Waals surface area contributed by atoms with Gasteiger partial charge in [-0.1, -0.05) is 13.3 Å². The Morgan fingerprint density at radius 1 is 1.75 bits per heavy atom. The predicted octanol–water partition coefficient (Wildman–Crippen LogP) is -0.757. The number of quaternary nitrogens is 1. The summed E-state index contributed by atoms with van der Waals surface area (Å²) in [4.78, 5) is 0. The molecule has 0 atom stereocenters. The van der Waals surface area contributed by atoms with E-state index in [0.29, 0.717) is 0 Å². The van der Waals surface area contributed by atoms with E-state index in [9.17, 15) is 0 Å². The van der Waals surface area contributed by atoms with Crippen molar-refractivity contribution in [2.75, 3.05) is 6.54 Å². The summed E-state index contributed by atoms with van der Waals surface area (Å²) in [5.74, 6) is 0.193. The maximum absolute atomic E-state index is 6.79. The highest BCUT2D eigenvalue weighted by atomic mass is 15.0. The van der Waals surface area contributed by atoms with Gasteiger partial charge in [0.2, 0.25) is 0 Å². The van der Waals surface area contributed by atoms with Crippen molar-refractivity contribution < 1.29 is 5.32 Å². The molecule has 3 heteroatoms. The summed E-state index contributed by atoms with van der Waals surface area (Å²) in [5, 5.41) is 8.53. The normalized spacial score (nSPS) is 9.12. The topological polar surface area (TPSA) is 66.5 Å². The third-order valence-electron chi connectivity index (χ3n) is 0.922. The molecule has 0 heterocycles. The minimum absolute atomic E-state index is 0.193. The second-order valence-electron chi connectivity index (χ2n) is 1.80. The molecule has 0 saturated heterocycles. The Kier molecular flexibility index (Phi) is 4.26. The smallest absolute Gasteiger partial charge is 0.288 e. The molecule has 0 aliphatic carbocycles. The largest absolute Gasteiger partial charge is 0.338 e. The van der Waals surface area contributed by atoms with E-state index in [4.69, 9.17) is 11.1 Å². The summed E-state index contributed by atoms with van der Waals surface area (Å²) in [6.45, 7) is 3.07. The molecule has 48 valence electrons. The van der Waals surface area contributed by atoms with E-state index >= 15 is 0 Å². The van der Waals surface area contributed by atoms with Crippen LogP contribution in [0.25, 0.3) is 0 Å². The van der Waals surface area contributed by atoms with E-state index < -0.39 is 0 Å². The van der Waals surface area contributed by atoms with Crippen LogP contribution in [0.15, 0.2) is 0 Å². The summed E-state index contributed by atoms with van der Waals surface area (Å²) in [5.41, 5.74) is 5.06. The van der Waals surface area contributed by atoms with Crippen molar-refractivity contribution >= 4 is 5.96 Å². The minimum Gasteiger partial charge on any atom is -0.338 e. The fraction of sp³-hybridized carbons (Fsp3) is 0.800. The van der Waals surface area contributed by atoms with Gasteiger partial charge in [-0.2, -0.15) is 0 Å². The number of hydrogen-bond acceptors (Lipinski definition) is 1. The molecule has 0 aliphatic heterocycles. The van der Waals surface area contributed by atoms with Crippen molar-refractivity contribution in [2.45, 2.75) is 19.8 Å². The first-order valence-corrected chi connectivity index (χ1v) is 2.94. The molecular formula is C5H14N3+.